The molecule has 24 heavy (non-hydrogen) atoms. The number of imidazole rings is 1. The Kier molecular flexibility index (Phi) is 3.69. The first kappa shape index (κ1) is 14.8. The zero-order valence-electron chi connectivity index (χ0n) is 13.5. The maximum absolute atomic E-state index is 12.5. The molecule has 0 fully saturated rings. The fraction of sp³-hybridized carbons (Fsp3) is 0.263. The summed E-state index contributed by atoms with van der Waals surface area (Å²) in [4.78, 5) is 16.9. The molecule has 0 saturated carbocycles. The summed E-state index contributed by atoms with van der Waals surface area (Å²) < 4.78 is 7.62. The minimum atomic E-state index is -0.162. The molecule has 1 aromatic carbocycles. The van der Waals surface area contributed by atoms with Gasteiger partial charge in [-0.3, -0.25) is 4.79 Å². The van der Waals surface area contributed by atoms with E-state index >= 15 is 0 Å². The Hall–Kier alpha value is -2.82. The molecule has 0 bridgehead atoms. The van der Waals surface area contributed by atoms with Gasteiger partial charge in [0.1, 0.15) is 23.7 Å². The van der Waals surface area contributed by atoms with Crippen LogP contribution in [0.15, 0.2) is 48.8 Å². The third-order valence-electron chi connectivity index (χ3n) is 4.37. The van der Waals surface area contributed by atoms with Crippen molar-refractivity contribution in [1.82, 2.24) is 14.7 Å². The van der Waals surface area contributed by atoms with Crippen molar-refractivity contribution in [2.45, 2.75) is 25.8 Å². The first-order valence-electron chi connectivity index (χ1n) is 8.22. The minimum absolute atomic E-state index is 0.0385. The van der Waals surface area contributed by atoms with Crippen molar-refractivity contribution < 1.29 is 9.53 Å². The van der Waals surface area contributed by atoms with Crippen molar-refractivity contribution >= 4 is 11.6 Å². The molecule has 5 nitrogen and oxygen atoms in total. The first-order chi connectivity index (χ1) is 11.7. The predicted octanol–water partition coefficient (Wildman–Crippen LogP) is 2.63. The summed E-state index contributed by atoms with van der Waals surface area (Å²) in [5.74, 6) is 0.743. The van der Waals surface area contributed by atoms with E-state index in [4.69, 9.17) is 4.74 Å². The van der Waals surface area contributed by atoms with Crippen LogP contribution in [-0.4, -0.2) is 27.9 Å². The number of hydrogen-bond acceptors (Lipinski definition) is 3. The van der Waals surface area contributed by atoms with Crippen LogP contribution in [0.25, 0.3) is 5.65 Å². The van der Waals surface area contributed by atoms with Gasteiger partial charge >= 0.3 is 0 Å². The standard InChI is InChI=1S/C19H19N3O2/c1-2-13-7-8-18-21-16(11-22(18)10-13)19(23)20-15-9-14-5-3-4-6-17(14)24-12-15/h3-8,10-11,15H,2,9,12H2,1H3,(H,20,23)/t15-/m1/s1. The molecular formula is C19H19N3O2. The molecule has 1 amide bonds. The molecule has 122 valence electrons. The Bertz CT molecular complexity index is 901. The Morgan fingerprint density at radius 2 is 2.17 bits per heavy atom. The molecule has 0 aliphatic carbocycles. The number of carbonyl (C=O) groups is 1. The third-order valence-corrected chi connectivity index (χ3v) is 4.37. The topological polar surface area (TPSA) is 55.6 Å². The summed E-state index contributed by atoms with van der Waals surface area (Å²) in [6, 6.07) is 11.9. The molecular weight excluding hydrogens is 302 g/mol. The smallest absolute Gasteiger partial charge is 0.271 e. The van der Waals surface area contributed by atoms with Gasteiger partial charge in [0.15, 0.2) is 0 Å². The fourth-order valence-corrected chi connectivity index (χ4v) is 3.04. The number of amides is 1. The molecule has 3 aromatic rings. The quantitative estimate of drug-likeness (QED) is 0.807. The number of nitrogens with zero attached hydrogens (tertiary/aromatic N) is 2. The number of aromatic nitrogens is 2. The fourth-order valence-electron chi connectivity index (χ4n) is 3.04. The van der Waals surface area contributed by atoms with Crippen LogP contribution in [0.1, 0.15) is 28.5 Å². The van der Waals surface area contributed by atoms with Gasteiger partial charge < -0.3 is 14.5 Å². The molecule has 0 saturated heterocycles. The van der Waals surface area contributed by atoms with Crippen molar-refractivity contribution in [2.24, 2.45) is 0 Å². The number of fused-ring (bicyclic) bond motifs is 2. The zero-order valence-corrected chi connectivity index (χ0v) is 13.5. The molecule has 0 unspecified atom stereocenters. The van der Waals surface area contributed by atoms with E-state index in [1.165, 1.54) is 5.56 Å². The highest BCUT2D eigenvalue weighted by molar-refractivity contribution is 5.93. The lowest BCUT2D eigenvalue weighted by atomic mass is 10.0. The average Bonchev–Trinajstić information content (AvgIpc) is 3.05. The summed E-state index contributed by atoms with van der Waals surface area (Å²) in [7, 11) is 0. The van der Waals surface area contributed by atoms with Gasteiger partial charge in [-0.05, 0) is 36.1 Å². The summed E-state index contributed by atoms with van der Waals surface area (Å²) in [6.45, 7) is 2.59. The van der Waals surface area contributed by atoms with E-state index in [0.29, 0.717) is 12.3 Å². The number of nitrogens with one attached hydrogen (secondary N) is 1. The highest BCUT2D eigenvalue weighted by atomic mass is 16.5. The van der Waals surface area contributed by atoms with Crippen LogP contribution in [0.3, 0.4) is 0 Å². The molecule has 0 radical (unpaired) electrons. The molecule has 4 rings (SSSR count). The molecule has 5 heteroatoms. The molecule has 0 spiro atoms. The summed E-state index contributed by atoms with van der Waals surface area (Å²) in [5, 5.41) is 3.03. The maximum Gasteiger partial charge on any atom is 0.271 e. The predicted molar refractivity (Wildman–Crippen MR) is 91.5 cm³/mol. The first-order valence-corrected chi connectivity index (χ1v) is 8.22. The van der Waals surface area contributed by atoms with Crippen LogP contribution in [0.4, 0.5) is 0 Å². The minimum Gasteiger partial charge on any atom is -0.491 e. The van der Waals surface area contributed by atoms with Crippen molar-refractivity contribution in [3.63, 3.8) is 0 Å². The van der Waals surface area contributed by atoms with Gasteiger partial charge in [-0.2, -0.15) is 0 Å². The van der Waals surface area contributed by atoms with Gasteiger partial charge in [0, 0.05) is 12.4 Å². The number of rotatable bonds is 3. The lowest BCUT2D eigenvalue weighted by Gasteiger charge is -2.25. The van der Waals surface area contributed by atoms with E-state index in [0.717, 1.165) is 29.8 Å². The van der Waals surface area contributed by atoms with Crippen LogP contribution in [0, 0.1) is 0 Å². The summed E-state index contributed by atoms with van der Waals surface area (Å²) >= 11 is 0. The summed E-state index contributed by atoms with van der Waals surface area (Å²) in [5.41, 5.74) is 3.55. The number of carbonyl (C=O) groups excluding carboxylic acids is 1. The molecule has 1 N–H and O–H groups in total. The van der Waals surface area contributed by atoms with E-state index in [1.807, 2.05) is 47.0 Å². The molecule has 2 aromatic heterocycles. The highest BCUT2D eigenvalue weighted by Gasteiger charge is 2.22. The highest BCUT2D eigenvalue weighted by Crippen LogP contribution is 2.24. The second kappa shape index (κ2) is 6.00. The van der Waals surface area contributed by atoms with Gasteiger partial charge in [-0.25, -0.2) is 4.98 Å². The number of para-hydroxylation sites is 1. The maximum atomic E-state index is 12.5. The van der Waals surface area contributed by atoms with Crippen LogP contribution in [0.5, 0.6) is 5.75 Å². The molecule has 1 atom stereocenters. The van der Waals surface area contributed by atoms with Crippen molar-refractivity contribution in [3.8, 4) is 5.75 Å². The molecule has 1 aliphatic rings. The van der Waals surface area contributed by atoms with Gasteiger partial charge in [0.05, 0.1) is 6.04 Å². The normalized spacial score (nSPS) is 16.5. The lowest BCUT2D eigenvalue weighted by Crippen LogP contribution is -2.42. The third kappa shape index (κ3) is 2.73. The number of ether oxygens (including phenoxy) is 1. The monoisotopic (exact) mass is 321 g/mol. The van der Waals surface area contributed by atoms with Crippen LogP contribution >= 0.6 is 0 Å². The number of benzene rings is 1. The number of hydrogen-bond donors (Lipinski definition) is 1. The SMILES string of the molecule is CCc1ccc2nc(C(=O)N[C@H]3COc4ccccc4C3)cn2c1. The van der Waals surface area contributed by atoms with Crippen LogP contribution < -0.4 is 10.1 Å². The van der Waals surface area contributed by atoms with Crippen LogP contribution in [0.2, 0.25) is 0 Å². The van der Waals surface area contributed by atoms with E-state index in [-0.39, 0.29) is 11.9 Å². The van der Waals surface area contributed by atoms with Crippen LogP contribution in [-0.2, 0) is 12.8 Å². The zero-order chi connectivity index (χ0) is 16.5. The Morgan fingerprint density at radius 3 is 3.04 bits per heavy atom. The average molecular weight is 321 g/mol. The second-order valence-corrected chi connectivity index (χ2v) is 6.08. The van der Waals surface area contributed by atoms with E-state index in [9.17, 15) is 4.79 Å². The van der Waals surface area contributed by atoms with E-state index in [2.05, 4.69) is 17.2 Å². The van der Waals surface area contributed by atoms with Crippen molar-refractivity contribution in [2.75, 3.05) is 6.61 Å². The summed E-state index contributed by atoms with van der Waals surface area (Å²) in [6.07, 6.45) is 5.52. The number of pyridine rings is 1. The lowest BCUT2D eigenvalue weighted by molar-refractivity contribution is 0.0911. The molecule has 1 aliphatic heterocycles. The molecule has 3 heterocycles. The van der Waals surface area contributed by atoms with E-state index in [1.54, 1.807) is 6.20 Å². The Balaban J connectivity index is 1.50. The van der Waals surface area contributed by atoms with E-state index < -0.39 is 0 Å². The second-order valence-electron chi connectivity index (χ2n) is 6.08. The van der Waals surface area contributed by atoms with Gasteiger partial charge in [-0.1, -0.05) is 31.2 Å². The Morgan fingerprint density at radius 1 is 1.29 bits per heavy atom. The van der Waals surface area contributed by atoms with Crippen molar-refractivity contribution in [1.29, 1.82) is 0 Å². The van der Waals surface area contributed by atoms with Gasteiger partial charge in [0.25, 0.3) is 5.91 Å². The van der Waals surface area contributed by atoms with Gasteiger partial charge in [0.2, 0.25) is 0 Å². The van der Waals surface area contributed by atoms with Crippen molar-refractivity contribution in [3.05, 3.63) is 65.6 Å². The Labute approximate surface area is 140 Å². The van der Waals surface area contributed by atoms with Gasteiger partial charge in [-0.15, -0.1) is 0 Å². The largest absolute Gasteiger partial charge is 0.491 e. The number of aryl methyl sites for hydroxylation is 1.